The second kappa shape index (κ2) is 1.85. The highest BCUT2D eigenvalue weighted by Gasteiger charge is 2.38. The summed E-state index contributed by atoms with van der Waals surface area (Å²) in [6.07, 6.45) is 7.88. The first kappa shape index (κ1) is 6.41. The van der Waals surface area contributed by atoms with E-state index in [1.54, 1.807) is 0 Å². The molecule has 2 bridgehead atoms. The Morgan fingerprint density at radius 1 is 1.50 bits per heavy atom. The minimum Gasteiger partial charge on any atom is -0.386 e. The van der Waals surface area contributed by atoms with Gasteiger partial charge in [-0.3, -0.25) is 0 Å². The van der Waals surface area contributed by atoms with Gasteiger partial charge >= 0.3 is 0 Å². The predicted octanol–water partition coefficient (Wildman–Crippen LogP) is 1.72. The number of aliphatic hydroxyl groups is 1. The molecule has 1 fully saturated rings. The lowest BCUT2D eigenvalue weighted by Gasteiger charge is -2.29. The highest BCUT2D eigenvalue weighted by Crippen LogP contribution is 2.42. The van der Waals surface area contributed by atoms with Gasteiger partial charge in [0.25, 0.3) is 0 Å². The van der Waals surface area contributed by atoms with E-state index in [4.69, 9.17) is 0 Å². The molecule has 0 spiro atoms. The van der Waals surface area contributed by atoms with Crippen molar-refractivity contribution in [3.05, 3.63) is 12.2 Å². The van der Waals surface area contributed by atoms with Crippen LogP contribution >= 0.6 is 0 Å². The van der Waals surface area contributed by atoms with Crippen molar-refractivity contribution in [1.29, 1.82) is 0 Å². The molecule has 0 aromatic carbocycles. The monoisotopic (exact) mass is 138 g/mol. The molecule has 0 aromatic heterocycles. The van der Waals surface area contributed by atoms with Crippen molar-refractivity contribution in [2.45, 2.75) is 31.8 Å². The van der Waals surface area contributed by atoms with Crippen LogP contribution in [0.25, 0.3) is 0 Å². The fourth-order valence-corrected chi connectivity index (χ4v) is 2.19. The summed E-state index contributed by atoms with van der Waals surface area (Å²) >= 11 is 0. The third-order valence-corrected chi connectivity index (χ3v) is 3.01. The molecule has 0 aliphatic heterocycles. The summed E-state index contributed by atoms with van der Waals surface area (Å²) in [7, 11) is 0. The van der Waals surface area contributed by atoms with E-state index in [9.17, 15) is 5.11 Å². The summed E-state index contributed by atoms with van der Waals surface area (Å²) in [4.78, 5) is 0. The Balaban J connectivity index is 2.27. The average Bonchev–Trinajstić information content (AvgIpc) is 2.26. The largest absolute Gasteiger partial charge is 0.386 e. The smallest absolute Gasteiger partial charge is 0.0827 e. The molecule has 0 radical (unpaired) electrons. The molecule has 1 saturated carbocycles. The predicted molar refractivity (Wildman–Crippen MR) is 40.6 cm³/mol. The van der Waals surface area contributed by atoms with Gasteiger partial charge in [-0.25, -0.2) is 0 Å². The zero-order chi connectivity index (χ0) is 7.19. The van der Waals surface area contributed by atoms with Gasteiger partial charge in [-0.05, 0) is 38.0 Å². The summed E-state index contributed by atoms with van der Waals surface area (Å²) in [5, 5.41) is 9.77. The third kappa shape index (κ3) is 0.807. The molecular formula is C9H14O. The normalized spacial score (nSPS) is 51.8. The minimum absolute atomic E-state index is 0.493. The zero-order valence-electron chi connectivity index (χ0n) is 6.38. The highest BCUT2D eigenvalue weighted by atomic mass is 16.3. The fourth-order valence-electron chi connectivity index (χ4n) is 2.19. The molecule has 1 nitrogen and oxygen atoms in total. The first-order valence-electron chi connectivity index (χ1n) is 4.10. The molecule has 3 atom stereocenters. The van der Waals surface area contributed by atoms with Crippen LogP contribution in [0.15, 0.2) is 12.2 Å². The van der Waals surface area contributed by atoms with Crippen LogP contribution in [0.2, 0.25) is 0 Å². The molecule has 2 aliphatic rings. The Bertz CT molecular complexity index is 170. The van der Waals surface area contributed by atoms with E-state index in [1.807, 2.05) is 13.0 Å². The number of hydrogen-bond acceptors (Lipinski definition) is 1. The van der Waals surface area contributed by atoms with Gasteiger partial charge in [0.1, 0.15) is 0 Å². The number of hydrogen-bond donors (Lipinski definition) is 1. The van der Waals surface area contributed by atoms with Gasteiger partial charge in [-0.15, -0.1) is 0 Å². The second-order valence-corrected chi connectivity index (χ2v) is 3.85. The van der Waals surface area contributed by atoms with Crippen LogP contribution in [0.1, 0.15) is 26.2 Å². The summed E-state index contributed by atoms with van der Waals surface area (Å²) in [5.74, 6) is 1.33. The van der Waals surface area contributed by atoms with Crippen LogP contribution in [0.4, 0.5) is 0 Å². The molecule has 0 saturated heterocycles. The highest BCUT2D eigenvalue weighted by molar-refractivity contribution is 5.12. The quantitative estimate of drug-likeness (QED) is 0.505. The lowest BCUT2D eigenvalue weighted by molar-refractivity contribution is 0.0434. The maximum atomic E-state index is 9.77. The SMILES string of the molecule is C[C@@]1(O)C=C[C@H]2CC[C@@H]1C2. The van der Waals surface area contributed by atoms with Gasteiger partial charge in [-0.1, -0.05) is 12.2 Å². The van der Waals surface area contributed by atoms with Crippen molar-refractivity contribution in [3.8, 4) is 0 Å². The lowest BCUT2D eigenvalue weighted by Crippen LogP contribution is -2.32. The molecular weight excluding hydrogens is 124 g/mol. The van der Waals surface area contributed by atoms with E-state index in [0.717, 1.165) is 5.92 Å². The first-order valence-corrected chi connectivity index (χ1v) is 4.10. The van der Waals surface area contributed by atoms with Crippen LogP contribution in [0.3, 0.4) is 0 Å². The van der Waals surface area contributed by atoms with Crippen LogP contribution < -0.4 is 0 Å². The van der Waals surface area contributed by atoms with Crippen molar-refractivity contribution >= 4 is 0 Å². The van der Waals surface area contributed by atoms with Gasteiger partial charge in [0.05, 0.1) is 5.60 Å². The Kier molecular flexibility index (Phi) is 1.19. The number of rotatable bonds is 0. The molecule has 2 aliphatic carbocycles. The molecule has 1 N–H and O–H groups in total. The number of fused-ring (bicyclic) bond motifs is 2. The van der Waals surface area contributed by atoms with Crippen molar-refractivity contribution in [1.82, 2.24) is 0 Å². The molecule has 2 rings (SSSR count). The lowest BCUT2D eigenvalue weighted by atomic mass is 9.83. The second-order valence-electron chi connectivity index (χ2n) is 3.85. The standard InChI is InChI=1S/C9H14O/c1-9(10)5-4-7-2-3-8(9)6-7/h4-5,7-8,10H,2-3,6H2,1H3/t7-,8-,9-/m1/s1. The molecule has 0 heterocycles. The van der Waals surface area contributed by atoms with Gasteiger partial charge in [0.15, 0.2) is 0 Å². The van der Waals surface area contributed by atoms with Crippen molar-refractivity contribution in [2.24, 2.45) is 11.8 Å². The molecule has 0 unspecified atom stereocenters. The molecule has 0 aromatic rings. The van der Waals surface area contributed by atoms with E-state index in [1.165, 1.54) is 19.3 Å². The Labute approximate surface area is 61.8 Å². The maximum Gasteiger partial charge on any atom is 0.0827 e. The average molecular weight is 138 g/mol. The van der Waals surface area contributed by atoms with Gasteiger partial charge in [-0.2, -0.15) is 0 Å². The zero-order valence-corrected chi connectivity index (χ0v) is 6.38. The van der Waals surface area contributed by atoms with Gasteiger partial charge in [0.2, 0.25) is 0 Å². The molecule has 1 heteroatoms. The maximum absolute atomic E-state index is 9.77. The van der Waals surface area contributed by atoms with Crippen LogP contribution in [0, 0.1) is 11.8 Å². The van der Waals surface area contributed by atoms with Crippen LogP contribution in [-0.4, -0.2) is 10.7 Å². The summed E-state index contributed by atoms with van der Waals surface area (Å²) in [5.41, 5.74) is -0.493. The van der Waals surface area contributed by atoms with E-state index < -0.39 is 5.60 Å². The topological polar surface area (TPSA) is 20.2 Å². The van der Waals surface area contributed by atoms with Crippen molar-refractivity contribution < 1.29 is 5.11 Å². The molecule has 0 amide bonds. The van der Waals surface area contributed by atoms with E-state index in [-0.39, 0.29) is 0 Å². The molecule has 56 valence electrons. The van der Waals surface area contributed by atoms with E-state index >= 15 is 0 Å². The van der Waals surface area contributed by atoms with Gasteiger partial charge in [0, 0.05) is 0 Å². The Morgan fingerprint density at radius 2 is 2.30 bits per heavy atom. The van der Waals surface area contributed by atoms with Crippen LogP contribution in [-0.2, 0) is 0 Å². The summed E-state index contributed by atoms with van der Waals surface area (Å²) < 4.78 is 0. The van der Waals surface area contributed by atoms with E-state index in [0.29, 0.717) is 5.92 Å². The van der Waals surface area contributed by atoms with E-state index in [2.05, 4.69) is 6.08 Å². The summed E-state index contributed by atoms with van der Waals surface area (Å²) in [6, 6.07) is 0. The van der Waals surface area contributed by atoms with Crippen molar-refractivity contribution in [3.63, 3.8) is 0 Å². The molecule has 10 heavy (non-hydrogen) atoms. The minimum atomic E-state index is -0.493. The Morgan fingerprint density at radius 3 is 3.00 bits per heavy atom. The Hall–Kier alpha value is -0.300. The number of allylic oxidation sites excluding steroid dienone is 1. The third-order valence-electron chi connectivity index (χ3n) is 3.01. The van der Waals surface area contributed by atoms with Gasteiger partial charge < -0.3 is 5.11 Å². The summed E-state index contributed by atoms with van der Waals surface area (Å²) in [6.45, 7) is 1.93. The fraction of sp³-hybridized carbons (Fsp3) is 0.778. The first-order chi connectivity index (χ1) is 4.68. The van der Waals surface area contributed by atoms with Crippen molar-refractivity contribution in [2.75, 3.05) is 0 Å². The van der Waals surface area contributed by atoms with Crippen LogP contribution in [0.5, 0.6) is 0 Å².